The van der Waals surface area contributed by atoms with Gasteiger partial charge in [-0.2, -0.15) is 0 Å². The first-order valence-electron chi connectivity index (χ1n) is 8.68. The summed E-state index contributed by atoms with van der Waals surface area (Å²) in [6, 6.07) is 11.2. The maximum absolute atomic E-state index is 6.05. The molecule has 1 aromatic carbocycles. The molecule has 1 unspecified atom stereocenters. The number of hydrogen-bond donors (Lipinski definition) is 2. The molecule has 2 fully saturated rings. The fourth-order valence-electron chi connectivity index (χ4n) is 3.58. The lowest BCUT2D eigenvalue weighted by atomic mass is 9.96. The molecule has 1 atom stereocenters. The van der Waals surface area contributed by atoms with Gasteiger partial charge in [-0.25, -0.2) is 0 Å². The van der Waals surface area contributed by atoms with Gasteiger partial charge in [-0.1, -0.05) is 37.5 Å². The van der Waals surface area contributed by atoms with E-state index < -0.39 is 0 Å². The number of aliphatic imine (C=N–C) groups is 1. The molecule has 4 nitrogen and oxygen atoms in total. The van der Waals surface area contributed by atoms with Crippen molar-refractivity contribution in [2.24, 2.45) is 16.6 Å². The summed E-state index contributed by atoms with van der Waals surface area (Å²) in [4.78, 5) is 7.03. The Kier molecular flexibility index (Phi) is 5.20. The van der Waals surface area contributed by atoms with E-state index in [9.17, 15) is 0 Å². The second-order valence-electron chi connectivity index (χ2n) is 6.64. The highest BCUT2D eigenvalue weighted by Gasteiger charge is 2.22. The van der Waals surface area contributed by atoms with Gasteiger partial charge in [-0.15, -0.1) is 0 Å². The van der Waals surface area contributed by atoms with Crippen molar-refractivity contribution in [1.82, 2.24) is 5.32 Å². The summed E-state index contributed by atoms with van der Waals surface area (Å²) in [7, 11) is 0. The van der Waals surface area contributed by atoms with Gasteiger partial charge in [0.15, 0.2) is 5.96 Å². The molecule has 1 saturated carbocycles. The zero-order valence-electron chi connectivity index (χ0n) is 13.4. The van der Waals surface area contributed by atoms with Crippen molar-refractivity contribution in [3.8, 4) is 0 Å². The third-order valence-electron chi connectivity index (χ3n) is 4.88. The molecule has 0 radical (unpaired) electrons. The van der Waals surface area contributed by atoms with Gasteiger partial charge in [-0.05, 0) is 37.3 Å². The van der Waals surface area contributed by atoms with Crippen LogP contribution in [0.25, 0.3) is 0 Å². The van der Waals surface area contributed by atoms with E-state index in [0.29, 0.717) is 17.9 Å². The van der Waals surface area contributed by atoms with Crippen LogP contribution in [0.4, 0.5) is 5.69 Å². The number of anilines is 1. The van der Waals surface area contributed by atoms with Crippen LogP contribution in [0.2, 0.25) is 0 Å². The zero-order chi connectivity index (χ0) is 15.2. The van der Waals surface area contributed by atoms with E-state index in [-0.39, 0.29) is 0 Å². The number of nitrogens with two attached hydrogens (primary N) is 1. The van der Waals surface area contributed by atoms with Crippen LogP contribution in [0.1, 0.15) is 38.5 Å². The van der Waals surface area contributed by atoms with Crippen molar-refractivity contribution in [2.45, 2.75) is 44.6 Å². The highest BCUT2D eigenvalue weighted by molar-refractivity contribution is 5.78. The van der Waals surface area contributed by atoms with E-state index in [4.69, 9.17) is 5.73 Å². The third kappa shape index (κ3) is 4.15. The second kappa shape index (κ2) is 7.52. The summed E-state index contributed by atoms with van der Waals surface area (Å²) in [5.74, 6) is 1.26. The first-order chi connectivity index (χ1) is 10.8. The molecule has 1 saturated heterocycles. The Balaban J connectivity index is 1.44. The molecule has 3 N–H and O–H groups in total. The summed E-state index contributed by atoms with van der Waals surface area (Å²) in [5, 5.41) is 3.40. The molecule has 1 aromatic rings. The summed E-state index contributed by atoms with van der Waals surface area (Å²) >= 11 is 0. The quantitative estimate of drug-likeness (QED) is 0.664. The van der Waals surface area contributed by atoms with E-state index in [1.54, 1.807) is 0 Å². The normalized spacial score (nSPS) is 23.7. The molecule has 0 bridgehead atoms. The maximum Gasteiger partial charge on any atom is 0.188 e. The fourth-order valence-corrected chi connectivity index (χ4v) is 3.58. The standard InChI is InChI=1S/C18H28N4/c19-18(21-16-7-3-1-4-8-16)20-13-15-11-12-22(14-15)17-9-5-2-6-10-17/h2,5-6,9-10,15-16H,1,3-4,7-8,11-14H2,(H3,19,20,21). The number of hydrogen-bond acceptors (Lipinski definition) is 2. The lowest BCUT2D eigenvalue weighted by Crippen LogP contribution is -2.41. The van der Waals surface area contributed by atoms with Crippen LogP contribution < -0.4 is 16.0 Å². The van der Waals surface area contributed by atoms with Crippen LogP contribution in [0.15, 0.2) is 35.3 Å². The largest absolute Gasteiger partial charge is 0.371 e. The van der Waals surface area contributed by atoms with Crippen molar-refractivity contribution < 1.29 is 0 Å². The molecule has 1 aliphatic heterocycles. The monoisotopic (exact) mass is 300 g/mol. The molecular formula is C18H28N4. The lowest BCUT2D eigenvalue weighted by Gasteiger charge is -2.23. The number of benzene rings is 1. The Morgan fingerprint density at radius 2 is 1.91 bits per heavy atom. The van der Waals surface area contributed by atoms with Gasteiger partial charge in [0.2, 0.25) is 0 Å². The van der Waals surface area contributed by atoms with Gasteiger partial charge >= 0.3 is 0 Å². The Morgan fingerprint density at radius 3 is 2.68 bits per heavy atom. The van der Waals surface area contributed by atoms with Crippen LogP contribution in [0.3, 0.4) is 0 Å². The number of nitrogens with zero attached hydrogens (tertiary/aromatic N) is 2. The molecule has 0 aromatic heterocycles. The molecule has 0 amide bonds. The number of nitrogens with one attached hydrogen (secondary N) is 1. The van der Waals surface area contributed by atoms with Crippen molar-refractivity contribution in [2.75, 3.05) is 24.5 Å². The van der Waals surface area contributed by atoms with E-state index in [0.717, 1.165) is 19.6 Å². The predicted octanol–water partition coefficient (Wildman–Crippen LogP) is 2.75. The minimum absolute atomic E-state index is 0.543. The lowest BCUT2D eigenvalue weighted by molar-refractivity contribution is 0.412. The van der Waals surface area contributed by atoms with E-state index in [2.05, 4.69) is 45.5 Å². The molecule has 2 aliphatic rings. The molecule has 1 heterocycles. The Labute approximate surface area is 133 Å². The van der Waals surface area contributed by atoms with Gasteiger partial charge in [0.05, 0.1) is 0 Å². The van der Waals surface area contributed by atoms with Crippen molar-refractivity contribution in [3.05, 3.63) is 30.3 Å². The molecule has 3 rings (SSSR count). The first kappa shape index (κ1) is 15.2. The van der Waals surface area contributed by atoms with Crippen LogP contribution in [0.5, 0.6) is 0 Å². The van der Waals surface area contributed by atoms with Crippen LogP contribution >= 0.6 is 0 Å². The minimum atomic E-state index is 0.543. The number of guanidine groups is 1. The molecular weight excluding hydrogens is 272 g/mol. The van der Waals surface area contributed by atoms with Crippen LogP contribution in [-0.2, 0) is 0 Å². The number of rotatable bonds is 4. The van der Waals surface area contributed by atoms with Gasteiger partial charge in [0.1, 0.15) is 0 Å². The predicted molar refractivity (Wildman–Crippen MR) is 93.3 cm³/mol. The SMILES string of the molecule is NC(=NCC1CCN(c2ccccc2)C1)NC1CCCCC1. The van der Waals surface area contributed by atoms with Gasteiger partial charge in [0.25, 0.3) is 0 Å². The van der Waals surface area contributed by atoms with Gasteiger partial charge in [0, 0.05) is 31.4 Å². The van der Waals surface area contributed by atoms with Crippen molar-refractivity contribution >= 4 is 11.6 Å². The maximum atomic E-state index is 6.05. The Bertz CT molecular complexity index is 479. The summed E-state index contributed by atoms with van der Waals surface area (Å²) < 4.78 is 0. The van der Waals surface area contributed by atoms with Gasteiger partial charge in [-0.3, -0.25) is 4.99 Å². The average molecular weight is 300 g/mol. The minimum Gasteiger partial charge on any atom is -0.371 e. The topological polar surface area (TPSA) is 53.6 Å². The van der Waals surface area contributed by atoms with Crippen LogP contribution in [0, 0.1) is 5.92 Å². The van der Waals surface area contributed by atoms with E-state index in [1.165, 1.54) is 44.2 Å². The summed E-state index contributed by atoms with van der Waals surface area (Å²) in [6.07, 6.45) is 7.68. The smallest absolute Gasteiger partial charge is 0.188 e. The molecule has 22 heavy (non-hydrogen) atoms. The third-order valence-corrected chi connectivity index (χ3v) is 4.88. The summed E-state index contributed by atoms with van der Waals surface area (Å²) in [6.45, 7) is 3.05. The first-order valence-corrected chi connectivity index (χ1v) is 8.68. The molecule has 120 valence electrons. The molecule has 1 aliphatic carbocycles. The molecule has 4 heteroatoms. The van der Waals surface area contributed by atoms with Crippen molar-refractivity contribution in [3.63, 3.8) is 0 Å². The highest BCUT2D eigenvalue weighted by Crippen LogP contribution is 2.23. The van der Waals surface area contributed by atoms with Crippen LogP contribution in [-0.4, -0.2) is 31.6 Å². The summed E-state index contributed by atoms with van der Waals surface area (Å²) in [5.41, 5.74) is 7.38. The fraction of sp³-hybridized carbons (Fsp3) is 0.611. The van der Waals surface area contributed by atoms with E-state index in [1.807, 2.05) is 0 Å². The Morgan fingerprint density at radius 1 is 1.14 bits per heavy atom. The Hall–Kier alpha value is -1.71. The molecule has 0 spiro atoms. The average Bonchev–Trinajstić information content (AvgIpc) is 3.04. The second-order valence-corrected chi connectivity index (χ2v) is 6.64. The van der Waals surface area contributed by atoms with Crippen molar-refractivity contribution in [1.29, 1.82) is 0 Å². The van der Waals surface area contributed by atoms with E-state index >= 15 is 0 Å². The van der Waals surface area contributed by atoms with Gasteiger partial charge < -0.3 is 16.0 Å². The number of para-hydroxylation sites is 1. The highest BCUT2D eigenvalue weighted by atomic mass is 15.2. The zero-order valence-corrected chi connectivity index (χ0v) is 13.4.